The minimum absolute atomic E-state index is 0.148. The van der Waals surface area contributed by atoms with Crippen molar-refractivity contribution < 1.29 is 9.90 Å². The fourth-order valence-corrected chi connectivity index (χ4v) is 2.55. The normalized spacial score (nSPS) is 15.8. The first kappa shape index (κ1) is 15.4. The number of carbonyl (C=O) groups is 1. The molecule has 0 saturated heterocycles. The Hall–Kier alpha value is -1.95. The number of nitrogens with one attached hydrogen (secondary N) is 2. The molecule has 1 aromatic carbocycles. The van der Waals surface area contributed by atoms with Gasteiger partial charge in [0.1, 0.15) is 0 Å². The van der Waals surface area contributed by atoms with Crippen molar-refractivity contribution in [1.82, 2.24) is 10.7 Å². The summed E-state index contributed by atoms with van der Waals surface area (Å²) in [6, 6.07) is 6.73. The van der Waals surface area contributed by atoms with Crippen molar-refractivity contribution in [2.24, 2.45) is 5.10 Å². The van der Waals surface area contributed by atoms with E-state index in [9.17, 15) is 9.90 Å². The Morgan fingerprint density at radius 3 is 2.52 bits per heavy atom. The van der Waals surface area contributed by atoms with Gasteiger partial charge in [0.05, 0.1) is 12.2 Å². The lowest BCUT2D eigenvalue weighted by Gasteiger charge is -2.23. The van der Waals surface area contributed by atoms with Crippen LogP contribution in [-0.2, 0) is 0 Å². The molecule has 2 N–H and O–H groups in total. The number of carboxylic acids is 1. The van der Waals surface area contributed by atoms with E-state index in [-0.39, 0.29) is 5.56 Å². The number of rotatable bonds is 4. The van der Waals surface area contributed by atoms with Crippen LogP contribution in [0, 0.1) is 0 Å². The van der Waals surface area contributed by atoms with Crippen LogP contribution in [0.2, 0.25) is 0 Å². The van der Waals surface area contributed by atoms with E-state index in [0.29, 0.717) is 11.2 Å². The molecule has 1 saturated carbocycles. The Kier molecular flexibility index (Phi) is 5.68. The minimum Gasteiger partial charge on any atom is -0.545 e. The molecule has 0 radical (unpaired) electrons. The molecule has 0 aliphatic heterocycles. The number of thiocarbonyl (C=S) groups is 1. The van der Waals surface area contributed by atoms with Gasteiger partial charge in [-0.25, -0.2) is 0 Å². The number of hydrazone groups is 1. The van der Waals surface area contributed by atoms with E-state index >= 15 is 0 Å². The molecular weight excluding hydrogens is 286 g/mol. The molecule has 0 atom stereocenters. The van der Waals surface area contributed by atoms with Crippen molar-refractivity contribution in [2.75, 3.05) is 0 Å². The Labute approximate surface area is 129 Å². The van der Waals surface area contributed by atoms with Gasteiger partial charge in [0.25, 0.3) is 0 Å². The Bertz CT molecular complexity index is 522. The minimum atomic E-state index is -1.19. The van der Waals surface area contributed by atoms with Gasteiger partial charge in [0.2, 0.25) is 0 Å². The van der Waals surface area contributed by atoms with Crippen molar-refractivity contribution >= 4 is 29.5 Å². The molecule has 1 aliphatic carbocycles. The van der Waals surface area contributed by atoms with Crippen LogP contribution in [0.5, 0.6) is 0 Å². The second-order valence-electron chi connectivity index (χ2n) is 5.09. The molecule has 6 heteroatoms. The second-order valence-corrected chi connectivity index (χ2v) is 5.50. The molecule has 0 unspecified atom stereocenters. The molecule has 0 spiro atoms. The zero-order valence-electron chi connectivity index (χ0n) is 11.7. The molecule has 0 aromatic heterocycles. The molecule has 0 bridgehead atoms. The largest absolute Gasteiger partial charge is 0.545 e. The van der Waals surface area contributed by atoms with Crippen LogP contribution < -0.4 is 15.8 Å². The zero-order valence-corrected chi connectivity index (χ0v) is 12.5. The average molecular weight is 304 g/mol. The van der Waals surface area contributed by atoms with Gasteiger partial charge >= 0.3 is 0 Å². The molecule has 0 heterocycles. The molecule has 0 amide bonds. The van der Waals surface area contributed by atoms with Gasteiger partial charge in [-0.05, 0) is 36.2 Å². The Balaban J connectivity index is 1.78. The first-order valence-electron chi connectivity index (χ1n) is 7.06. The van der Waals surface area contributed by atoms with Crippen LogP contribution in [0.15, 0.2) is 29.4 Å². The van der Waals surface area contributed by atoms with E-state index in [0.717, 1.165) is 18.4 Å². The maximum absolute atomic E-state index is 10.6. The van der Waals surface area contributed by atoms with E-state index in [1.807, 2.05) is 0 Å². The van der Waals surface area contributed by atoms with Crippen molar-refractivity contribution in [3.63, 3.8) is 0 Å². The Morgan fingerprint density at radius 1 is 1.24 bits per heavy atom. The third kappa shape index (κ3) is 5.15. The van der Waals surface area contributed by atoms with E-state index in [1.54, 1.807) is 18.3 Å². The first-order valence-corrected chi connectivity index (χ1v) is 7.47. The summed E-state index contributed by atoms with van der Waals surface area (Å²) in [5.41, 5.74) is 3.71. The summed E-state index contributed by atoms with van der Waals surface area (Å²) in [6.07, 6.45) is 7.68. The molecular formula is C15H18N3O2S-. The third-order valence-corrected chi connectivity index (χ3v) is 3.68. The second kappa shape index (κ2) is 7.73. The van der Waals surface area contributed by atoms with E-state index in [2.05, 4.69) is 15.8 Å². The highest BCUT2D eigenvalue weighted by molar-refractivity contribution is 7.80. The molecule has 2 rings (SSSR count). The van der Waals surface area contributed by atoms with Crippen molar-refractivity contribution in [2.45, 2.75) is 38.1 Å². The summed E-state index contributed by atoms with van der Waals surface area (Å²) in [5, 5.41) is 18.4. The van der Waals surface area contributed by atoms with Gasteiger partial charge < -0.3 is 15.2 Å². The number of aromatic carboxylic acids is 1. The standard InChI is InChI=1S/C15H19N3O2S/c19-14(20)12-8-6-11(7-9-12)10-16-18-15(21)17-13-4-2-1-3-5-13/h6-10,13H,1-5H2,(H,19,20)(H2,17,18,21)/p-1/b16-10-. The van der Waals surface area contributed by atoms with Gasteiger partial charge in [-0.2, -0.15) is 5.10 Å². The van der Waals surface area contributed by atoms with Crippen LogP contribution in [0.25, 0.3) is 0 Å². The van der Waals surface area contributed by atoms with Crippen LogP contribution in [0.1, 0.15) is 48.0 Å². The van der Waals surface area contributed by atoms with Gasteiger partial charge in [0, 0.05) is 6.04 Å². The molecule has 1 fully saturated rings. The predicted molar refractivity (Wildman–Crippen MR) is 84.1 cm³/mol. The predicted octanol–water partition coefficient (Wildman–Crippen LogP) is 1.18. The van der Waals surface area contributed by atoms with Gasteiger partial charge in [-0.3, -0.25) is 5.43 Å². The molecule has 112 valence electrons. The number of nitrogens with zero attached hydrogens (tertiary/aromatic N) is 1. The van der Waals surface area contributed by atoms with Crippen LogP contribution >= 0.6 is 12.2 Å². The lowest BCUT2D eigenvalue weighted by molar-refractivity contribution is -0.255. The highest BCUT2D eigenvalue weighted by Gasteiger charge is 2.13. The fourth-order valence-electron chi connectivity index (χ4n) is 2.34. The highest BCUT2D eigenvalue weighted by atomic mass is 32.1. The van der Waals surface area contributed by atoms with Crippen molar-refractivity contribution in [3.8, 4) is 0 Å². The average Bonchev–Trinajstić information content (AvgIpc) is 2.49. The number of hydrogen-bond acceptors (Lipinski definition) is 4. The van der Waals surface area contributed by atoms with E-state index in [1.165, 1.54) is 31.4 Å². The van der Waals surface area contributed by atoms with E-state index < -0.39 is 5.97 Å². The highest BCUT2D eigenvalue weighted by Crippen LogP contribution is 2.17. The number of carboxylic acid groups (broad SMARTS) is 1. The molecule has 1 aromatic rings. The topological polar surface area (TPSA) is 76.5 Å². The van der Waals surface area contributed by atoms with Crippen LogP contribution in [0.3, 0.4) is 0 Å². The third-order valence-electron chi connectivity index (χ3n) is 3.47. The summed E-state index contributed by atoms with van der Waals surface area (Å²) >= 11 is 5.18. The van der Waals surface area contributed by atoms with Gasteiger partial charge in [-0.15, -0.1) is 0 Å². The first-order chi connectivity index (χ1) is 10.1. The lowest BCUT2D eigenvalue weighted by Crippen LogP contribution is -2.40. The van der Waals surface area contributed by atoms with Crippen LogP contribution in [0.4, 0.5) is 0 Å². The van der Waals surface area contributed by atoms with Crippen molar-refractivity contribution in [3.05, 3.63) is 35.4 Å². The van der Waals surface area contributed by atoms with E-state index in [4.69, 9.17) is 12.2 Å². The molecule has 1 aliphatic rings. The molecule has 5 nitrogen and oxygen atoms in total. The fraction of sp³-hybridized carbons (Fsp3) is 0.400. The van der Waals surface area contributed by atoms with Gasteiger partial charge in [-0.1, -0.05) is 43.5 Å². The molecule has 21 heavy (non-hydrogen) atoms. The smallest absolute Gasteiger partial charge is 0.187 e. The maximum atomic E-state index is 10.6. The summed E-state index contributed by atoms with van der Waals surface area (Å²) in [4.78, 5) is 10.6. The maximum Gasteiger partial charge on any atom is 0.187 e. The summed E-state index contributed by atoms with van der Waals surface area (Å²) in [7, 11) is 0. The number of hydrogen-bond donors (Lipinski definition) is 2. The number of benzene rings is 1. The summed E-state index contributed by atoms with van der Waals surface area (Å²) < 4.78 is 0. The Morgan fingerprint density at radius 2 is 1.90 bits per heavy atom. The quantitative estimate of drug-likeness (QED) is 0.496. The monoisotopic (exact) mass is 304 g/mol. The SMILES string of the molecule is O=C([O-])c1ccc(/C=N\NC(=S)NC2CCCCC2)cc1. The zero-order chi connectivity index (χ0) is 15.1. The van der Waals surface area contributed by atoms with Gasteiger partial charge in [0.15, 0.2) is 5.11 Å². The van der Waals surface area contributed by atoms with Crippen LogP contribution in [-0.4, -0.2) is 23.3 Å². The van der Waals surface area contributed by atoms with Crippen molar-refractivity contribution in [1.29, 1.82) is 0 Å². The summed E-state index contributed by atoms with van der Waals surface area (Å²) in [6.45, 7) is 0. The lowest BCUT2D eigenvalue weighted by atomic mass is 9.96. The number of carbonyl (C=O) groups excluding carboxylic acids is 1. The summed E-state index contributed by atoms with van der Waals surface area (Å²) in [5.74, 6) is -1.19.